The van der Waals surface area contributed by atoms with Crippen LogP contribution < -0.4 is 16.0 Å². The van der Waals surface area contributed by atoms with Gasteiger partial charge in [0.05, 0.1) is 6.42 Å². The third-order valence-electron chi connectivity index (χ3n) is 6.85. The van der Waals surface area contributed by atoms with Crippen LogP contribution in [0.2, 0.25) is 0 Å². The minimum atomic E-state index is -1.11. The molecule has 0 bridgehead atoms. The smallest absolute Gasteiger partial charge is 0.329 e. The summed E-state index contributed by atoms with van der Waals surface area (Å²) < 4.78 is 20.2. The van der Waals surface area contributed by atoms with Crippen molar-refractivity contribution >= 4 is 23.7 Å². The molecule has 0 radical (unpaired) electrons. The van der Waals surface area contributed by atoms with Gasteiger partial charge in [0, 0.05) is 6.42 Å². The van der Waals surface area contributed by atoms with Gasteiger partial charge in [0.2, 0.25) is 17.7 Å². The van der Waals surface area contributed by atoms with Gasteiger partial charge in [0.25, 0.3) is 0 Å². The van der Waals surface area contributed by atoms with E-state index in [0.717, 1.165) is 19.3 Å². The van der Waals surface area contributed by atoms with Crippen molar-refractivity contribution in [1.82, 2.24) is 16.0 Å². The molecule has 200 valence electrons. The van der Waals surface area contributed by atoms with Crippen LogP contribution in [0.3, 0.4) is 0 Å². The Kier molecular flexibility index (Phi) is 11.3. The third-order valence-corrected chi connectivity index (χ3v) is 6.85. The first-order chi connectivity index (χ1) is 17.1. The number of unbranched alkanes of at least 4 members (excludes halogenated alkanes) is 1. The molecule has 36 heavy (non-hydrogen) atoms. The standard InChI is InChI=1S/C27H40FN3O5/c1-6-8-11-17(4)22-15-23(32)30-21(14-19-12-9-10-13-20(19)28)26(34)29-18(5)25(33)31-24(16(3)7-2)27(35)36-22/h9-10,12-13,16-18,21-22,24H,6-8,11,14-15H2,1-5H3,(H,29,34)(H,30,32)(H,31,33). The summed E-state index contributed by atoms with van der Waals surface area (Å²) >= 11 is 0. The second-order valence-electron chi connectivity index (χ2n) is 9.82. The van der Waals surface area contributed by atoms with Crippen molar-refractivity contribution in [2.24, 2.45) is 11.8 Å². The van der Waals surface area contributed by atoms with Crippen LogP contribution in [0.4, 0.5) is 4.39 Å². The Bertz CT molecular complexity index is 924. The van der Waals surface area contributed by atoms with E-state index in [1.54, 1.807) is 18.2 Å². The first-order valence-electron chi connectivity index (χ1n) is 12.9. The quantitative estimate of drug-likeness (QED) is 0.470. The molecule has 0 saturated carbocycles. The second-order valence-corrected chi connectivity index (χ2v) is 9.82. The van der Waals surface area contributed by atoms with Crippen molar-refractivity contribution in [1.29, 1.82) is 0 Å². The molecular formula is C27H40FN3O5. The zero-order valence-corrected chi connectivity index (χ0v) is 21.9. The zero-order valence-electron chi connectivity index (χ0n) is 21.9. The Hall–Kier alpha value is -2.97. The van der Waals surface area contributed by atoms with Crippen LogP contribution in [-0.2, 0) is 30.3 Å². The summed E-state index contributed by atoms with van der Waals surface area (Å²) in [6.07, 6.45) is 2.24. The van der Waals surface area contributed by atoms with E-state index < -0.39 is 53.7 Å². The van der Waals surface area contributed by atoms with E-state index in [1.807, 2.05) is 20.8 Å². The topological polar surface area (TPSA) is 114 Å². The van der Waals surface area contributed by atoms with Gasteiger partial charge >= 0.3 is 5.97 Å². The molecule has 3 N–H and O–H groups in total. The molecule has 0 aromatic heterocycles. The molecule has 1 aliphatic rings. The third kappa shape index (κ3) is 8.31. The van der Waals surface area contributed by atoms with Gasteiger partial charge in [-0.1, -0.05) is 65.2 Å². The van der Waals surface area contributed by atoms with Gasteiger partial charge in [-0.3, -0.25) is 14.4 Å². The molecular weight excluding hydrogens is 465 g/mol. The van der Waals surface area contributed by atoms with Crippen molar-refractivity contribution in [3.63, 3.8) is 0 Å². The first kappa shape index (κ1) is 29.3. The maximum atomic E-state index is 14.3. The Morgan fingerprint density at radius 1 is 1.00 bits per heavy atom. The van der Waals surface area contributed by atoms with Crippen LogP contribution in [-0.4, -0.2) is 47.9 Å². The lowest BCUT2D eigenvalue weighted by Crippen LogP contribution is -2.55. The molecule has 2 rings (SSSR count). The van der Waals surface area contributed by atoms with E-state index in [1.165, 1.54) is 13.0 Å². The van der Waals surface area contributed by atoms with E-state index in [2.05, 4.69) is 22.9 Å². The van der Waals surface area contributed by atoms with Crippen LogP contribution >= 0.6 is 0 Å². The Morgan fingerprint density at radius 3 is 2.33 bits per heavy atom. The SMILES string of the molecule is CCCCC(C)C1CC(=O)NC(Cc2ccccc2F)C(=O)NC(C)C(=O)NC(C(C)CC)C(=O)O1. The highest BCUT2D eigenvalue weighted by molar-refractivity contribution is 5.94. The van der Waals surface area contributed by atoms with Crippen molar-refractivity contribution in [2.45, 2.75) is 97.4 Å². The monoisotopic (exact) mass is 505 g/mol. The van der Waals surface area contributed by atoms with Crippen LogP contribution in [0.25, 0.3) is 0 Å². The number of hydrogen-bond donors (Lipinski definition) is 3. The number of ether oxygens (including phenoxy) is 1. The fraction of sp³-hybridized carbons (Fsp3) is 0.630. The second kappa shape index (κ2) is 13.9. The van der Waals surface area contributed by atoms with Gasteiger partial charge in [0.1, 0.15) is 30.0 Å². The first-order valence-corrected chi connectivity index (χ1v) is 12.9. The summed E-state index contributed by atoms with van der Waals surface area (Å²) in [6, 6.07) is 2.99. The molecule has 6 unspecified atom stereocenters. The van der Waals surface area contributed by atoms with Crippen LogP contribution in [0, 0.1) is 17.7 Å². The van der Waals surface area contributed by atoms with Gasteiger partial charge in [-0.2, -0.15) is 0 Å². The number of esters is 1. The van der Waals surface area contributed by atoms with Gasteiger partial charge < -0.3 is 20.7 Å². The molecule has 0 spiro atoms. The number of benzene rings is 1. The Balaban J connectivity index is 2.40. The highest BCUT2D eigenvalue weighted by Gasteiger charge is 2.35. The van der Waals surface area contributed by atoms with Gasteiger partial charge in [-0.05, 0) is 36.8 Å². The van der Waals surface area contributed by atoms with E-state index in [4.69, 9.17) is 4.74 Å². The molecule has 8 nitrogen and oxygen atoms in total. The lowest BCUT2D eigenvalue weighted by atomic mass is 9.94. The van der Waals surface area contributed by atoms with Crippen LogP contribution in [0.1, 0.15) is 72.3 Å². The van der Waals surface area contributed by atoms with E-state index in [9.17, 15) is 23.6 Å². The number of amides is 3. The summed E-state index contributed by atoms with van der Waals surface area (Å²) in [4.78, 5) is 52.2. The minimum Gasteiger partial charge on any atom is -0.460 e. The number of hydrogen-bond acceptors (Lipinski definition) is 5. The lowest BCUT2D eigenvalue weighted by molar-refractivity contribution is -0.158. The number of halogens is 1. The fourth-order valence-electron chi connectivity index (χ4n) is 4.15. The molecule has 9 heteroatoms. The summed E-state index contributed by atoms with van der Waals surface area (Å²) in [5.74, 6) is -3.07. The molecule has 1 aromatic carbocycles. The molecule has 1 saturated heterocycles. The van der Waals surface area contributed by atoms with Crippen molar-refractivity contribution in [2.75, 3.05) is 0 Å². The number of rotatable bonds is 8. The predicted molar refractivity (Wildman–Crippen MR) is 134 cm³/mol. The van der Waals surface area contributed by atoms with Crippen molar-refractivity contribution < 1.29 is 28.3 Å². The Morgan fingerprint density at radius 2 is 1.69 bits per heavy atom. The van der Waals surface area contributed by atoms with Crippen LogP contribution in [0.15, 0.2) is 24.3 Å². The predicted octanol–water partition coefficient (Wildman–Crippen LogP) is 3.03. The highest BCUT2D eigenvalue weighted by atomic mass is 19.1. The molecule has 1 heterocycles. The normalized spacial score (nSPS) is 25.7. The average molecular weight is 506 g/mol. The van der Waals surface area contributed by atoms with Crippen molar-refractivity contribution in [3.8, 4) is 0 Å². The summed E-state index contributed by atoms with van der Waals surface area (Å²) in [5.41, 5.74) is 0.260. The summed E-state index contributed by atoms with van der Waals surface area (Å²) in [7, 11) is 0. The summed E-state index contributed by atoms with van der Waals surface area (Å²) in [5, 5.41) is 7.99. The van der Waals surface area contributed by atoms with Gasteiger partial charge in [0.15, 0.2) is 0 Å². The lowest BCUT2D eigenvalue weighted by Gasteiger charge is -2.29. The average Bonchev–Trinajstić information content (AvgIpc) is 2.85. The van der Waals surface area contributed by atoms with Crippen molar-refractivity contribution in [3.05, 3.63) is 35.6 Å². The fourth-order valence-corrected chi connectivity index (χ4v) is 4.15. The molecule has 6 atom stereocenters. The minimum absolute atomic E-state index is 0.0933. The maximum Gasteiger partial charge on any atom is 0.329 e. The molecule has 1 aliphatic heterocycles. The number of carbonyl (C=O) groups is 4. The van der Waals surface area contributed by atoms with E-state index >= 15 is 0 Å². The Labute approximate surface area is 213 Å². The molecule has 3 amide bonds. The number of carbonyl (C=O) groups excluding carboxylic acids is 4. The molecule has 1 aromatic rings. The zero-order chi connectivity index (χ0) is 26.8. The highest BCUT2D eigenvalue weighted by Crippen LogP contribution is 2.21. The van der Waals surface area contributed by atoms with Gasteiger partial charge in [-0.15, -0.1) is 0 Å². The van der Waals surface area contributed by atoms with E-state index in [0.29, 0.717) is 6.42 Å². The summed E-state index contributed by atoms with van der Waals surface area (Å²) in [6.45, 7) is 9.20. The molecule has 0 aliphatic carbocycles. The maximum absolute atomic E-state index is 14.3. The number of cyclic esters (lactones) is 1. The molecule has 1 fully saturated rings. The van der Waals surface area contributed by atoms with E-state index in [-0.39, 0.29) is 30.2 Å². The largest absolute Gasteiger partial charge is 0.460 e. The van der Waals surface area contributed by atoms with Gasteiger partial charge in [-0.25, -0.2) is 9.18 Å². The number of nitrogens with one attached hydrogen (secondary N) is 3. The van der Waals surface area contributed by atoms with Crippen LogP contribution in [0.5, 0.6) is 0 Å².